The molecule has 2 aromatic rings. The highest BCUT2D eigenvalue weighted by atomic mass is 19.4. The Bertz CT molecular complexity index is 795. The van der Waals surface area contributed by atoms with Crippen molar-refractivity contribution in [1.82, 2.24) is 14.9 Å². The van der Waals surface area contributed by atoms with Crippen LogP contribution in [0.3, 0.4) is 0 Å². The van der Waals surface area contributed by atoms with Crippen LogP contribution in [0.4, 0.5) is 19.1 Å². The van der Waals surface area contributed by atoms with E-state index in [0.717, 1.165) is 51.2 Å². The summed E-state index contributed by atoms with van der Waals surface area (Å²) in [5, 5.41) is 0. The third-order valence-corrected chi connectivity index (χ3v) is 5.51. The first-order chi connectivity index (χ1) is 13.9. The van der Waals surface area contributed by atoms with Gasteiger partial charge in [0.15, 0.2) is 0 Å². The minimum atomic E-state index is -4.36. The van der Waals surface area contributed by atoms with Crippen LogP contribution in [0.15, 0.2) is 30.3 Å². The molecule has 1 aliphatic heterocycles. The molecule has 1 N–H and O–H groups in total. The number of alkyl halides is 3. The number of piperazine rings is 1. The zero-order chi connectivity index (χ0) is 21.0. The van der Waals surface area contributed by atoms with Gasteiger partial charge in [-0.2, -0.15) is 13.2 Å². The quantitative estimate of drug-likeness (QED) is 0.676. The van der Waals surface area contributed by atoms with Gasteiger partial charge in [0.25, 0.3) is 0 Å². The Morgan fingerprint density at radius 3 is 2.14 bits per heavy atom. The molecule has 0 bridgehead atoms. The highest BCUT2D eigenvalue weighted by Crippen LogP contribution is 2.31. The molecule has 1 aromatic carbocycles. The van der Waals surface area contributed by atoms with Crippen molar-refractivity contribution in [3.63, 3.8) is 0 Å². The molecule has 0 aliphatic carbocycles. The van der Waals surface area contributed by atoms with Crippen molar-refractivity contribution in [3.8, 4) is 11.3 Å². The van der Waals surface area contributed by atoms with E-state index in [4.69, 9.17) is 5.73 Å². The van der Waals surface area contributed by atoms with E-state index >= 15 is 0 Å². The predicted molar refractivity (Wildman–Crippen MR) is 109 cm³/mol. The second-order valence-corrected chi connectivity index (χ2v) is 7.29. The molecule has 0 unspecified atom stereocenters. The smallest absolute Gasteiger partial charge is 0.416 e. The number of nitrogens with one attached hydrogen (secondary N) is 1. The fourth-order valence-corrected chi connectivity index (χ4v) is 3.79. The molecule has 3 rings (SSSR count). The number of anilines is 1. The van der Waals surface area contributed by atoms with Gasteiger partial charge < -0.3 is 10.6 Å². The minimum absolute atomic E-state index is 0.00311. The number of hydrogen-bond donors (Lipinski definition) is 0. The molecular formula is C21H27F3N5-. The Balaban J connectivity index is 1.81. The first kappa shape index (κ1) is 21.5. The lowest BCUT2D eigenvalue weighted by Crippen LogP contribution is -2.50. The predicted octanol–water partition coefficient (Wildman–Crippen LogP) is 5.03. The van der Waals surface area contributed by atoms with Gasteiger partial charge >= 0.3 is 6.18 Å². The van der Waals surface area contributed by atoms with E-state index in [-0.39, 0.29) is 6.54 Å². The van der Waals surface area contributed by atoms with Crippen LogP contribution in [-0.2, 0) is 12.7 Å². The number of rotatable bonds is 6. The van der Waals surface area contributed by atoms with E-state index in [0.29, 0.717) is 28.9 Å². The second kappa shape index (κ2) is 9.09. The third-order valence-electron chi connectivity index (χ3n) is 5.51. The van der Waals surface area contributed by atoms with Gasteiger partial charge in [-0.3, -0.25) is 4.90 Å². The molecule has 158 valence electrons. The fraction of sp³-hybridized carbons (Fsp3) is 0.524. The Labute approximate surface area is 169 Å². The molecule has 1 aliphatic rings. The van der Waals surface area contributed by atoms with E-state index in [1.165, 1.54) is 12.1 Å². The average molecular weight is 406 g/mol. The number of aromatic nitrogens is 2. The zero-order valence-electron chi connectivity index (χ0n) is 16.8. The topological polar surface area (TPSA) is 56.1 Å². The Kier molecular flexibility index (Phi) is 6.74. The minimum Gasteiger partial charge on any atom is -0.672 e. The molecule has 0 amide bonds. The molecule has 2 heterocycles. The highest BCUT2D eigenvalue weighted by Gasteiger charge is 2.30. The Morgan fingerprint density at radius 1 is 1.00 bits per heavy atom. The number of hydrogen-bond acceptors (Lipinski definition) is 4. The van der Waals surface area contributed by atoms with Crippen molar-refractivity contribution >= 4 is 5.95 Å². The van der Waals surface area contributed by atoms with Gasteiger partial charge in [-0.15, -0.1) is 6.54 Å². The summed E-state index contributed by atoms with van der Waals surface area (Å²) in [5.74, 6) is 0.550. The van der Waals surface area contributed by atoms with E-state index in [1.54, 1.807) is 6.07 Å². The van der Waals surface area contributed by atoms with Crippen molar-refractivity contribution in [2.24, 2.45) is 0 Å². The first-order valence-electron chi connectivity index (χ1n) is 10.0. The van der Waals surface area contributed by atoms with Crippen molar-refractivity contribution in [2.45, 2.75) is 45.5 Å². The van der Waals surface area contributed by atoms with Crippen LogP contribution in [0.25, 0.3) is 17.0 Å². The molecule has 1 fully saturated rings. The monoisotopic (exact) mass is 406 g/mol. The first-order valence-corrected chi connectivity index (χ1v) is 10.0. The molecule has 0 radical (unpaired) electrons. The van der Waals surface area contributed by atoms with Gasteiger partial charge in [0, 0.05) is 43.5 Å². The van der Waals surface area contributed by atoms with Gasteiger partial charge in [-0.25, -0.2) is 9.97 Å². The van der Waals surface area contributed by atoms with Crippen molar-refractivity contribution in [1.29, 1.82) is 0 Å². The number of nitrogens with zero attached hydrogens (tertiary/aromatic N) is 4. The molecule has 29 heavy (non-hydrogen) atoms. The molecule has 0 saturated carbocycles. The summed E-state index contributed by atoms with van der Waals surface area (Å²) in [4.78, 5) is 13.7. The standard InChI is InChI=1S/C21H27F3N5/c1-3-18(4-2)28-9-11-29(12-10-28)20-26-17(14-25)13-19(27-20)15-5-7-16(8-6-15)21(22,23)24/h5-8,13,18,25H,3-4,9-12,14H2,1-2H3/q-1. The molecule has 8 heteroatoms. The van der Waals surface area contributed by atoms with Crippen molar-refractivity contribution in [3.05, 3.63) is 47.3 Å². The van der Waals surface area contributed by atoms with Crippen LogP contribution in [0.2, 0.25) is 0 Å². The summed E-state index contributed by atoms with van der Waals surface area (Å²) in [5.41, 5.74) is 8.72. The summed E-state index contributed by atoms with van der Waals surface area (Å²) in [6.07, 6.45) is -2.12. The average Bonchev–Trinajstić information content (AvgIpc) is 2.74. The van der Waals surface area contributed by atoms with E-state index in [1.807, 2.05) is 0 Å². The van der Waals surface area contributed by atoms with Gasteiger partial charge in [-0.1, -0.05) is 26.0 Å². The van der Waals surface area contributed by atoms with Crippen molar-refractivity contribution in [2.75, 3.05) is 31.1 Å². The van der Waals surface area contributed by atoms with Gasteiger partial charge in [0.2, 0.25) is 5.95 Å². The summed E-state index contributed by atoms with van der Waals surface area (Å²) in [7, 11) is 0. The molecule has 0 spiro atoms. The van der Waals surface area contributed by atoms with Crippen LogP contribution in [0.5, 0.6) is 0 Å². The SMILES string of the molecule is CCC(CC)N1CCN(c2nc(C[NH-])cc(-c3ccc(C(F)(F)F)cc3)n2)CC1. The van der Waals surface area contributed by atoms with Crippen LogP contribution >= 0.6 is 0 Å². The Hall–Kier alpha value is -2.19. The molecular weight excluding hydrogens is 379 g/mol. The third kappa shape index (κ3) is 5.05. The van der Waals surface area contributed by atoms with E-state index in [2.05, 4.69) is 33.6 Å². The van der Waals surface area contributed by atoms with E-state index in [9.17, 15) is 13.2 Å². The molecule has 5 nitrogen and oxygen atoms in total. The van der Waals surface area contributed by atoms with Gasteiger partial charge in [0.05, 0.1) is 11.3 Å². The lowest BCUT2D eigenvalue weighted by molar-refractivity contribution is -0.137. The van der Waals surface area contributed by atoms with Gasteiger partial charge in [-0.05, 0) is 31.0 Å². The summed E-state index contributed by atoms with van der Waals surface area (Å²) >= 11 is 0. The molecule has 1 saturated heterocycles. The normalized spacial score (nSPS) is 15.9. The maximum Gasteiger partial charge on any atom is 0.416 e. The fourth-order valence-electron chi connectivity index (χ4n) is 3.79. The van der Waals surface area contributed by atoms with Crippen LogP contribution in [0, 0.1) is 0 Å². The Morgan fingerprint density at radius 2 is 1.62 bits per heavy atom. The molecule has 1 aromatic heterocycles. The largest absolute Gasteiger partial charge is 0.672 e. The van der Waals surface area contributed by atoms with Crippen LogP contribution in [0.1, 0.15) is 37.9 Å². The summed E-state index contributed by atoms with van der Waals surface area (Å²) in [6.45, 7) is 7.86. The van der Waals surface area contributed by atoms with Crippen LogP contribution in [-0.4, -0.2) is 47.1 Å². The second-order valence-electron chi connectivity index (χ2n) is 7.29. The van der Waals surface area contributed by atoms with Crippen molar-refractivity contribution < 1.29 is 13.2 Å². The van der Waals surface area contributed by atoms with E-state index < -0.39 is 11.7 Å². The zero-order valence-corrected chi connectivity index (χ0v) is 16.8. The maximum atomic E-state index is 12.8. The highest BCUT2D eigenvalue weighted by molar-refractivity contribution is 5.61. The summed E-state index contributed by atoms with van der Waals surface area (Å²) < 4.78 is 38.5. The van der Waals surface area contributed by atoms with Crippen LogP contribution < -0.4 is 4.90 Å². The summed E-state index contributed by atoms with van der Waals surface area (Å²) in [6, 6.07) is 7.24. The van der Waals surface area contributed by atoms with Gasteiger partial charge in [0.1, 0.15) is 0 Å². The molecule has 0 atom stereocenters. The lowest BCUT2D eigenvalue weighted by Gasteiger charge is -2.39. The number of halogens is 3. The maximum absolute atomic E-state index is 12.8. The lowest BCUT2D eigenvalue weighted by atomic mass is 10.1. The number of benzene rings is 1.